The molecule has 100 valence electrons. The zero-order chi connectivity index (χ0) is 13.1. The lowest BCUT2D eigenvalue weighted by atomic mass is 9.99. The first-order chi connectivity index (χ1) is 8.67. The molecule has 0 radical (unpaired) electrons. The average molecular weight is 252 g/mol. The topological polar surface area (TPSA) is 73.4 Å². The van der Waals surface area contributed by atoms with Crippen LogP contribution in [-0.4, -0.2) is 41.9 Å². The highest BCUT2D eigenvalue weighted by Gasteiger charge is 2.29. The number of piperidine rings is 1. The lowest BCUT2D eigenvalue weighted by Gasteiger charge is -2.38. The third kappa shape index (κ3) is 2.39. The van der Waals surface area contributed by atoms with Crippen LogP contribution in [0.2, 0.25) is 0 Å². The summed E-state index contributed by atoms with van der Waals surface area (Å²) in [7, 11) is 3.45. The van der Waals surface area contributed by atoms with E-state index in [1.54, 1.807) is 26.6 Å². The van der Waals surface area contributed by atoms with Crippen LogP contribution in [0.5, 0.6) is 0 Å². The Morgan fingerprint density at radius 3 is 3.06 bits per heavy atom. The Morgan fingerprint density at radius 2 is 2.39 bits per heavy atom. The maximum atomic E-state index is 12.1. The van der Waals surface area contributed by atoms with Crippen molar-refractivity contribution in [3.05, 3.63) is 22.7 Å². The molecule has 2 unspecified atom stereocenters. The van der Waals surface area contributed by atoms with E-state index in [0.29, 0.717) is 12.4 Å². The van der Waals surface area contributed by atoms with Crippen molar-refractivity contribution in [1.29, 1.82) is 0 Å². The molecule has 6 heteroatoms. The number of aryl methyl sites for hydroxylation is 1. The fourth-order valence-electron chi connectivity index (χ4n) is 2.41. The summed E-state index contributed by atoms with van der Waals surface area (Å²) in [4.78, 5) is 18.3. The molecule has 6 nitrogen and oxygen atoms in total. The minimum absolute atomic E-state index is 0.0770. The third-order valence-electron chi connectivity index (χ3n) is 3.54. The van der Waals surface area contributed by atoms with Crippen LogP contribution >= 0.6 is 0 Å². The minimum Gasteiger partial charge on any atom is -0.381 e. The molecule has 1 aliphatic heterocycles. The summed E-state index contributed by atoms with van der Waals surface area (Å²) in [5, 5.41) is 0. The van der Waals surface area contributed by atoms with E-state index >= 15 is 0 Å². The number of ether oxygens (including phenoxy) is 1. The average Bonchev–Trinajstić information content (AvgIpc) is 2.41. The number of hydrogen-bond acceptors (Lipinski definition) is 5. The van der Waals surface area contributed by atoms with Gasteiger partial charge in [0.2, 0.25) is 0 Å². The van der Waals surface area contributed by atoms with Crippen LogP contribution in [-0.2, 0) is 11.8 Å². The Kier molecular flexibility index (Phi) is 3.98. The van der Waals surface area contributed by atoms with E-state index in [0.717, 1.165) is 19.4 Å². The molecule has 1 aliphatic rings. The van der Waals surface area contributed by atoms with Crippen LogP contribution in [0, 0.1) is 0 Å². The van der Waals surface area contributed by atoms with E-state index in [-0.39, 0.29) is 17.7 Å². The SMILES string of the molecule is COC1CCN(c2nccn(C)c2=O)C(CN)C1. The molecule has 0 spiro atoms. The Bertz CT molecular complexity index is 460. The van der Waals surface area contributed by atoms with Gasteiger partial charge in [-0.2, -0.15) is 0 Å². The molecular formula is C12H20N4O2. The van der Waals surface area contributed by atoms with Gasteiger partial charge in [0, 0.05) is 45.7 Å². The van der Waals surface area contributed by atoms with E-state index in [2.05, 4.69) is 4.98 Å². The third-order valence-corrected chi connectivity index (χ3v) is 3.54. The van der Waals surface area contributed by atoms with Gasteiger partial charge < -0.3 is 19.9 Å². The number of rotatable bonds is 3. The van der Waals surface area contributed by atoms with Gasteiger partial charge in [-0.05, 0) is 12.8 Å². The highest BCUT2D eigenvalue weighted by molar-refractivity contribution is 5.38. The van der Waals surface area contributed by atoms with Crippen molar-refractivity contribution in [2.45, 2.75) is 25.0 Å². The minimum atomic E-state index is -0.0770. The number of nitrogens with two attached hydrogens (primary N) is 1. The molecular weight excluding hydrogens is 232 g/mol. The smallest absolute Gasteiger partial charge is 0.293 e. The lowest BCUT2D eigenvalue weighted by molar-refractivity contribution is 0.0707. The predicted molar refractivity (Wildman–Crippen MR) is 69.7 cm³/mol. The lowest BCUT2D eigenvalue weighted by Crippen LogP contribution is -2.51. The Labute approximate surface area is 106 Å². The van der Waals surface area contributed by atoms with Crippen molar-refractivity contribution >= 4 is 5.82 Å². The second kappa shape index (κ2) is 5.49. The zero-order valence-electron chi connectivity index (χ0n) is 10.9. The van der Waals surface area contributed by atoms with Gasteiger partial charge in [0.05, 0.1) is 6.10 Å². The fraction of sp³-hybridized carbons (Fsp3) is 0.667. The highest BCUT2D eigenvalue weighted by Crippen LogP contribution is 2.21. The molecule has 0 aliphatic carbocycles. The molecule has 1 aromatic rings. The van der Waals surface area contributed by atoms with E-state index in [4.69, 9.17) is 10.5 Å². The van der Waals surface area contributed by atoms with Crippen molar-refractivity contribution < 1.29 is 4.74 Å². The van der Waals surface area contributed by atoms with Crippen molar-refractivity contribution in [2.75, 3.05) is 25.1 Å². The fourth-order valence-corrected chi connectivity index (χ4v) is 2.41. The Hall–Kier alpha value is -1.40. The van der Waals surface area contributed by atoms with Gasteiger partial charge in [-0.25, -0.2) is 4.98 Å². The number of methoxy groups -OCH3 is 1. The molecule has 0 aromatic carbocycles. The molecule has 2 rings (SSSR count). The summed E-state index contributed by atoms with van der Waals surface area (Å²) in [6, 6.07) is 0.117. The largest absolute Gasteiger partial charge is 0.381 e. The summed E-state index contributed by atoms with van der Waals surface area (Å²) in [5.41, 5.74) is 5.73. The summed E-state index contributed by atoms with van der Waals surface area (Å²) in [5.74, 6) is 0.491. The predicted octanol–water partition coefficient (Wildman–Crippen LogP) is -0.277. The van der Waals surface area contributed by atoms with Crippen LogP contribution in [0.1, 0.15) is 12.8 Å². The van der Waals surface area contributed by atoms with Crippen LogP contribution in [0.3, 0.4) is 0 Å². The van der Waals surface area contributed by atoms with E-state index in [1.807, 2.05) is 4.90 Å². The first-order valence-electron chi connectivity index (χ1n) is 6.18. The van der Waals surface area contributed by atoms with Gasteiger partial charge >= 0.3 is 0 Å². The molecule has 2 N–H and O–H groups in total. The van der Waals surface area contributed by atoms with Crippen molar-refractivity contribution in [1.82, 2.24) is 9.55 Å². The quantitative estimate of drug-likeness (QED) is 0.801. The normalized spacial score (nSPS) is 24.3. The standard InChI is InChI=1S/C12H20N4O2/c1-15-6-4-14-11(12(15)17)16-5-3-10(18-2)7-9(16)8-13/h4,6,9-10H,3,5,7-8,13H2,1-2H3. The summed E-state index contributed by atoms with van der Waals surface area (Å²) < 4.78 is 6.92. The number of nitrogens with zero attached hydrogens (tertiary/aromatic N) is 3. The van der Waals surface area contributed by atoms with Crippen LogP contribution in [0.25, 0.3) is 0 Å². The summed E-state index contributed by atoms with van der Waals surface area (Å²) >= 11 is 0. The molecule has 1 aromatic heterocycles. The molecule has 0 amide bonds. The second-order valence-corrected chi connectivity index (χ2v) is 4.63. The zero-order valence-corrected chi connectivity index (χ0v) is 10.9. The van der Waals surface area contributed by atoms with E-state index < -0.39 is 0 Å². The van der Waals surface area contributed by atoms with Crippen LogP contribution in [0.15, 0.2) is 17.2 Å². The number of hydrogen-bond donors (Lipinski definition) is 1. The van der Waals surface area contributed by atoms with Crippen molar-refractivity contribution in [3.8, 4) is 0 Å². The van der Waals surface area contributed by atoms with Crippen molar-refractivity contribution in [2.24, 2.45) is 12.8 Å². The first-order valence-corrected chi connectivity index (χ1v) is 6.18. The Balaban J connectivity index is 2.27. The maximum absolute atomic E-state index is 12.1. The number of anilines is 1. The molecule has 1 fully saturated rings. The summed E-state index contributed by atoms with van der Waals surface area (Å²) in [6.45, 7) is 1.26. The van der Waals surface area contributed by atoms with E-state index in [9.17, 15) is 4.79 Å². The highest BCUT2D eigenvalue weighted by atomic mass is 16.5. The molecule has 18 heavy (non-hydrogen) atoms. The maximum Gasteiger partial charge on any atom is 0.293 e. The van der Waals surface area contributed by atoms with Crippen LogP contribution in [0.4, 0.5) is 5.82 Å². The summed E-state index contributed by atoms with van der Waals surface area (Å²) in [6.07, 6.45) is 5.26. The molecule has 0 saturated carbocycles. The van der Waals surface area contributed by atoms with Gasteiger partial charge in [0.15, 0.2) is 5.82 Å². The molecule has 2 heterocycles. The second-order valence-electron chi connectivity index (χ2n) is 4.63. The van der Waals surface area contributed by atoms with Gasteiger partial charge in [-0.1, -0.05) is 0 Å². The van der Waals surface area contributed by atoms with Gasteiger partial charge in [0.1, 0.15) is 0 Å². The van der Waals surface area contributed by atoms with Gasteiger partial charge in [-0.3, -0.25) is 4.79 Å². The van der Waals surface area contributed by atoms with Gasteiger partial charge in [-0.15, -0.1) is 0 Å². The number of aromatic nitrogens is 2. The Morgan fingerprint density at radius 1 is 1.61 bits per heavy atom. The molecule has 0 bridgehead atoms. The van der Waals surface area contributed by atoms with Gasteiger partial charge in [0.25, 0.3) is 5.56 Å². The first kappa shape index (κ1) is 13.0. The van der Waals surface area contributed by atoms with E-state index in [1.165, 1.54) is 4.57 Å². The van der Waals surface area contributed by atoms with Crippen molar-refractivity contribution in [3.63, 3.8) is 0 Å². The molecule has 1 saturated heterocycles. The van der Waals surface area contributed by atoms with Crippen LogP contribution < -0.4 is 16.2 Å². The molecule has 2 atom stereocenters. The monoisotopic (exact) mass is 252 g/mol.